The summed E-state index contributed by atoms with van der Waals surface area (Å²) in [5.41, 5.74) is 0.652. The van der Waals surface area contributed by atoms with Crippen molar-refractivity contribution in [1.29, 1.82) is 0 Å². The van der Waals surface area contributed by atoms with Crippen LogP contribution in [-0.2, 0) is 4.79 Å². The van der Waals surface area contributed by atoms with Crippen LogP contribution in [0.15, 0.2) is 42.5 Å². The molecule has 1 saturated heterocycles. The number of hydrogen-bond donors (Lipinski definition) is 1. The number of alkyl halides is 2. The number of nitrogens with zero attached hydrogens (tertiary/aromatic N) is 1. The van der Waals surface area contributed by atoms with Gasteiger partial charge in [0, 0.05) is 10.6 Å². The van der Waals surface area contributed by atoms with Gasteiger partial charge in [-0.25, -0.2) is 4.79 Å². The van der Waals surface area contributed by atoms with Crippen molar-refractivity contribution in [2.45, 2.75) is 31.2 Å². The molecule has 146 valence electrons. The molecule has 0 aromatic heterocycles. The fourth-order valence-corrected chi connectivity index (χ4v) is 3.88. The number of benzene rings is 2. The number of ether oxygens (including phenoxy) is 2. The normalized spacial score (nSPS) is 22.3. The number of carboxylic acids is 1. The molecule has 0 saturated carbocycles. The van der Waals surface area contributed by atoms with Crippen LogP contribution in [0.25, 0.3) is 0 Å². The molecule has 28 heavy (non-hydrogen) atoms. The Labute approximate surface area is 163 Å². The molecule has 6 nitrogen and oxygen atoms in total. The zero-order chi connectivity index (χ0) is 20.1. The quantitative estimate of drug-likeness (QED) is 0.826. The van der Waals surface area contributed by atoms with E-state index >= 15 is 0 Å². The second-order valence-electron chi connectivity index (χ2n) is 6.51. The Hall–Kier alpha value is -2.87. The van der Waals surface area contributed by atoms with E-state index in [1.165, 1.54) is 17.0 Å². The average molecular weight is 410 g/mol. The van der Waals surface area contributed by atoms with Crippen molar-refractivity contribution in [3.63, 3.8) is 0 Å². The van der Waals surface area contributed by atoms with Gasteiger partial charge in [-0.1, -0.05) is 29.8 Å². The van der Waals surface area contributed by atoms with Crippen molar-refractivity contribution in [1.82, 2.24) is 4.90 Å². The molecule has 0 radical (unpaired) electrons. The summed E-state index contributed by atoms with van der Waals surface area (Å²) < 4.78 is 35.2. The molecule has 1 N–H and O–H groups in total. The highest BCUT2D eigenvalue weighted by Crippen LogP contribution is 2.43. The monoisotopic (exact) mass is 409 g/mol. The summed E-state index contributed by atoms with van der Waals surface area (Å²) >= 11 is 6.25. The smallest absolute Gasteiger partial charge is 0.480 e. The van der Waals surface area contributed by atoms with E-state index in [9.17, 15) is 23.5 Å². The maximum atomic E-state index is 13.2. The summed E-state index contributed by atoms with van der Waals surface area (Å²) in [6.07, 6.45) is -3.14. The SMILES string of the molecule is O=C(O)[C@@H]1CC[C@H](c2ccccc2Cl)N1C(=O)c1ccc2c(c1)OC(F)(F)O2. The first-order valence-electron chi connectivity index (χ1n) is 8.46. The number of amides is 1. The average Bonchev–Trinajstić information content (AvgIpc) is 3.20. The lowest BCUT2D eigenvalue weighted by Gasteiger charge is -2.29. The third-order valence-corrected chi connectivity index (χ3v) is 5.16. The first-order chi connectivity index (χ1) is 13.3. The predicted molar refractivity (Wildman–Crippen MR) is 93.7 cm³/mol. The standard InChI is InChI=1S/C19H14ClF2NO5/c20-12-4-2-1-3-11(12)13-6-7-14(18(25)26)23(13)17(24)10-5-8-15-16(9-10)28-19(21,22)27-15/h1-5,8-9,13-14H,6-7H2,(H,25,26)/t13-,14+/m1/s1. The molecule has 4 rings (SSSR count). The number of hydrogen-bond acceptors (Lipinski definition) is 4. The zero-order valence-electron chi connectivity index (χ0n) is 14.3. The third-order valence-electron chi connectivity index (χ3n) is 4.82. The van der Waals surface area contributed by atoms with E-state index in [1.807, 2.05) is 0 Å². The van der Waals surface area contributed by atoms with E-state index in [0.717, 1.165) is 6.07 Å². The van der Waals surface area contributed by atoms with Crippen molar-refractivity contribution in [3.05, 3.63) is 58.6 Å². The summed E-state index contributed by atoms with van der Waals surface area (Å²) in [5, 5.41) is 9.98. The van der Waals surface area contributed by atoms with Crippen LogP contribution in [0.5, 0.6) is 11.5 Å². The minimum atomic E-state index is -3.80. The summed E-state index contributed by atoms with van der Waals surface area (Å²) in [7, 11) is 0. The van der Waals surface area contributed by atoms with E-state index in [-0.39, 0.29) is 23.5 Å². The first-order valence-corrected chi connectivity index (χ1v) is 8.84. The van der Waals surface area contributed by atoms with Gasteiger partial charge >= 0.3 is 12.3 Å². The minimum absolute atomic E-state index is 0.0188. The van der Waals surface area contributed by atoms with Crippen LogP contribution in [0, 0.1) is 0 Å². The van der Waals surface area contributed by atoms with Crippen LogP contribution in [0.3, 0.4) is 0 Å². The number of likely N-dealkylation sites (tertiary alicyclic amines) is 1. The Bertz CT molecular complexity index is 967. The van der Waals surface area contributed by atoms with Gasteiger partial charge in [-0.3, -0.25) is 4.79 Å². The van der Waals surface area contributed by atoms with Crippen LogP contribution in [0.2, 0.25) is 5.02 Å². The highest BCUT2D eigenvalue weighted by Gasteiger charge is 2.45. The lowest BCUT2D eigenvalue weighted by molar-refractivity contribution is -0.286. The van der Waals surface area contributed by atoms with Crippen LogP contribution < -0.4 is 9.47 Å². The Morgan fingerprint density at radius 1 is 1.11 bits per heavy atom. The number of fused-ring (bicyclic) bond motifs is 1. The van der Waals surface area contributed by atoms with Gasteiger partial charge in [0.05, 0.1) is 6.04 Å². The fourth-order valence-electron chi connectivity index (χ4n) is 3.62. The van der Waals surface area contributed by atoms with E-state index < -0.39 is 30.3 Å². The topological polar surface area (TPSA) is 76.1 Å². The van der Waals surface area contributed by atoms with E-state index in [0.29, 0.717) is 17.0 Å². The fraction of sp³-hybridized carbons (Fsp3) is 0.263. The number of aliphatic carboxylic acids is 1. The number of carboxylic acid groups (broad SMARTS) is 1. The van der Waals surface area contributed by atoms with Gasteiger partial charge < -0.3 is 19.5 Å². The van der Waals surface area contributed by atoms with Gasteiger partial charge in [0.25, 0.3) is 5.91 Å². The first kappa shape index (κ1) is 18.5. The van der Waals surface area contributed by atoms with Gasteiger partial charge in [0.1, 0.15) is 6.04 Å². The van der Waals surface area contributed by atoms with Crippen molar-refractivity contribution in [2.75, 3.05) is 0 Å². The second kappa shape index (κ2) is 6.63. The molecule has 2 heterocycles. The molecule has 2 aromatic carbocycles. The maximum Gasteiger partial charge on any atom is 0.586 e. The third kappa shape index (κ3) is 3.13. The van der Waals surface area contributed by atoms with Crippen LogP contribution in [-0.4, -0.2) is 34.2 Å². The van der Waals surface area contributed by atoms with Gasteiger partial charge in [-0.05, 0) is 42.7 Å². The largest absolute Gasteiger partial charge is 0.586 e. The molecule has 2 aliphatic heterocycles. The lowest BCUT2D eigenvalue weighted by atomic mass is 10.0. The summed E-state index contributed by atoms with van der Waals surface area (Å²) in [4.78, 5) is 26.1. The zero-order valence-corrected chi connectivity index (χ0v) is 15.0. The van der Waals surface area contributed by atoms with Crippen molar-refractivity contribution in [3.8, 4) is 11.5 Å². The molecule has 2 aromatic rings. The van der Waals surface area contributed by atoms with Gasteiger partial charge in [0.2, 0.25) is 0 Å². The highest BCUT2D eigenvalue weighted by atomic mass is 35.5. The van der Waals surface area contributed by atoms with Crippen LogP contribution in [0.1, 0.15) is 34.8 Å². The molecule has 1 fully saturated rings. The molecule has 2 aliphatic rings. The second-order valence-corrected chi connectivity index (χ2v) is 6.92. The van der Waals surface area contributed by atoms with Gasteiger partial charge in [-0.15, -0.1) is 8.78 Å². The van der Waals surface area contributed by atoms with Crippen molar-refractivity contribution < 1.29 is 33.0 Å². The number of carbonyl (C=O) groups is 2. The molecular formula is C19H14ClF2NO5. The summed E-state index contributed by atoms with van der Waals surface area (Å²) in [6.45, 7) is 0. The Kier molecular flexibility index (Phi) is 4.38. The summed E-state index contributed by atoms with van der Waals surface area (Å²) in [5.74, 6) is -2.23. The number of rotatable bonds is 3. The van der Waals surface area contributed by atoms with E-state index in [1.54, 1.807) is 24.3 Å². The molecule has 1 amide bonds. The van der Waals surface area contributed by atoms with E-state index in [4.69, 9.17) is 11.6 Å². The lowest BCUT2D eigenvalue weighted by Crippen LogP contribution is -2.41. The number of halogens is 3. The number of carbonyl (C=O) groups excluding carboxylic acids is 1. The Morgan fingerprint density at radius 3 is 2.54 bits per heavy atom. The summed E-state index contributed by atoms with van der Waals surface area (Å²) in [6, 6.07) is 8.90. The molecule has 2 atom stereocenters. The van der Waals surface area contributed by atoms with E-state index in [2.05, 4.69) is 9.47 Å². The molecule has 0 bridgehead atoms. The molecular weight excluding hydrogens is 396 g/mol. The highest BCUT2D eigenvalue weighted by molar-refractivity contribution is 6.31. The van der Waals surface area contributed by atoms with Crippen molar-refractivity contribution in [2.24, 2.45) is 0 Å². The molecule has 0 aliphatic carbocycles. The minimum Gasteiger partial charge on any atom is -0.480 e. The Balaban J connectivity index is 1.71. The van der Waals surface area contributed by atoms with Gasteiger partial charge in [0.15, 0.2) is 11.5 Å². The van der Waals surface area contributed by atoms with Crippen molar-refractivity contribution >= 4 is 23.5 Å². The Morgan fingerprint density at radius 2 is 1.82 bits per heavy atom. The van der Waals surface area contributed by atoms with Crippen LogP contribution in [0.4, 0.5) is 8.78 Å². The molecule has 0 spiro atoms. The molecule has 9 heteroatoms. The maximum absolute atomic E-state index is 13.2. The molecule has 0 unspecified atom stereocenters. The van der Waals surface area contributed by atoms with Gasteiger partial charge in [-0.2, -0.15) is 0 Å². The predicted octanol–water partition coefficient (Wildman–Crippen LogP) is 4.09. The van der Waals surface area contributed by atoms with Crippen LogP contribution >= 0.6 is 11.6 Å².